The third-order valence-corrected chi connectivity index (χ3v) is 5.32. The molecule has 1 aromatic rings. The van der Waals surface area contributed by atoms with Gasteiger partial charge in [-0.3, -0.25) is 4.79 Å². The minimum absolute atomic E-state index is 0.190. The van der Waals surface area contributed by atoms with Gasteiger partial charge in [0.25, 0.3) is 0 Å². The fourth-order valence-corrected chi connectivity index (χ4v) is 3.86. The Morgan fingerprint density at radius 1 is 0.926 bits per heavy atom. The number of carbonyl (C=O) groups excluding carboxylic acids is 1. The smallest absolute Gasteiger partial charge is 0.223 e. The molecule has 1 heterocycles. The van der Waals surface area contributed by atoms with E-state index in [1.807, 2.05) is 19.9 Å². The molecule has 1 aromatic heterocycles. The second-order valence-electron chi connectivity index (χ2n) is 8.03. The van der Waals surface area contributed by atoms with Crippen molar-refractivity contribution in [1.82, 2.24) is 15.3 Å². The van der Waals surface area contributed by atoms with Crippen molar-refractivity contribution in [3.8, 4) is 0 Å². The van der Waals surface area contributed by atoms with Gasteiger partial charge in [0.1, 0.15) is 0 Å². The van der Waals surface area contributed by atoms with Gasteiger partial charge in [0.15, 0.2) is 0 Å². The van der Waals surface area contributed by atoms with Crippen molar-refractivity contribution >= 4 is 11.9 Å². The van der Waals surface area contributed by atoms with E-state index in [9.17, 15) is 4.79 Å². The normalized spacial score (nSPS) is 17.6. The topological polar surface area (TPSA) is 66.9 Å². The molecule has 0 saturated heterocycles. The van der Waals surface area contributed by atoms with Gasteiger partial charge in [-0.1, -0.05) is 57.8 Å². The first-order chi connectivity index (χ1) is 13.1. The van der Waals surface area contributed by atoms with Crippen LogP contribution in [0.3, 0.4) is 0 Å². The lowest BCUT2D eigenvalue weighted by Gasteiger charge is -2.19. The first kappa shape index (κ1) is 21.6. The van der Waals surface area contributed by atoms with Gasteiger partial charge in [-0.15, -0.1) is 0 Å². The van der Waals surface area contributed by atoms with Gasteiger partial charge in [-0.05, 0) is 39.2 Å². The molecule has 1 saturated carbocycles. The zero-order chi connectivity index (χ0) is 19.3. The van der Waals surface area contributed by atoms with Crippen LogP contribution in [0.5, 0.6) is 0 Å². The van der Waals surface area contributed by atoms with Crippen LogP contribution in [0.1, 0.15) is 94.9 Å². The SMILES string of the molecule is Cc1cc(C)nc(NCCCC(=O)NC2CCCCCCCCCCC2)n1. The maximum absolute atomic E-state index is 12.3. The molecule has 0 bridgehead atoms. The number of anilines is 1. The molecule has 0 aromatic carbocycles. The van der Waals surface area contributed by atoms with Gasteiger partial charge in [0.2, 0.25) is 11.9 Å². The fraction of sp³-hybridized carbons (Fsp3) is 0.773. The summed E-state index contributed by atoms with van der Waals surface area (Å²) in [6, 6.07) is 2.33. The van der Waals surface area contributed by atoms with Crippen LogP contribution in [0.2, 0.25) is 0 Å². The number of nitrogens with one attached hydrogen (secondary N) is 2. The summed E-state index contributed by atoms with van der Waals surface area (Å²) in [4.78, 5) is 21.1. The predicted octanol–water partition coefficient (Wildman–Crippen LogP) is 5.08. The lowest BCUT2D eigenvalue weighted by molar-refractivity contribution is -0.121. The molecule has 1 fully saturated rings. The summed E-state index contributed by atoms with van der Waals surface area (Å²) in [6.45, 7) is 4.66. The number of hydrogen-bond donors (Lipinski definition) is 2. The Kier molecular flexibility index (Phi) is 10.2. The third kappa shape index (κ3) is 9.73. The van der Waals surface area contributed by atoms with E-state index in [-0.39, 0.29) is 5.91 Å². The average molecular weight is 375 g/mol. The van der Waals surface area contributed by atoms with Crippen LogP contribution >= 0.6 is 0 Å². The maximum Gasteiger partial charge on any atom is 0.223 e. The predicted molar refractivity (Wildman–Crippen MR) is 112 cm³/mol. The summed E-state index contributed by atoms with van der Waals surface area (Å²) in [7, 11) is 0. The Bertz CT molecular complexity index is 529. The molecule has 2 rings (SSSR count). The van der Waals surface area contributed by atoms with Gasteiger partial charge in [0.05, 0.1) is 0 Å². The molecule has 0 radical (unpaired) electrons. The van der Waals surface area contributed by atoms with E-state index < -0.39 is 0 Å². The summed E-state index contributed by atoms with van der Waals surface area (Å²) in [5.41, 5.74) is 1.93. The van der Waals surface area contributed by atoms with Crippen LogP contribution in [-0.2, 0) is 4.79 Å². The highest BCUT2D eigenvalue weighted by atomic mass is 16.1. The molecule has 0 spiro atoms. The summed E-state index contributed by atoms with van der Waals surface area (Å²) >= 11 is 0. The lowest BCUT2D eigenvalue weighted by Crippen LogP contribution is -2.35. The Hall–Kier alpha value is -1.65. The number of nitrogens with zero attached hydrogens (tertiary/aromatic N) is 2. The number of aromatic nitrogens is 2. The lowest BCUT2D eigenvalue weighted by atomic mass is 9.98. The fourth-order valence-electron chi connectivity index (χ4n) is 3.86. The molecule has 1 aliphatic rings. The Morgan fingerprint density at radius 2 is 1.44 bits per heavy atom. The van der Waals surface area contributed by atoms with E-state index in [1.165, 1.54) is 57.8 Å². The molecule has 5 nitrogen and oxygen atoms in total. The Labute approximate surface area is 165 Å². The van der Waals surface area contributed by atoms with Crippen molar-refractivity contribution in [2.75, 3.05) is 11.9 Å². The summed E-state index contributed by atoms with van der Waals surface area (Å²) in [5.74, 6) is 0.850. The monoisotopic (exact) mass is 374 g/mol. The van der Waals surface area contributed by atoms with Crippen LogP contribution in [0.25, 0.3) is 0 Å². The minimum Gasteiger partial charge on any atom is -0.354 e. The minimum atomic E-state index is 0.190. The molecule has 2 N–H and O–H groups in total. The van der Waals surface area contributed by atoms with E-state index in [0.717, 1.165) is 37.2 Å². The van der Waals surface area contributed by atoms with Crippen molar-refractivity contribution in [3.05, 3.63) is 17.5 Å². The highest BCUT2D eigenvalue weighted by Gasteiger charge is 2.12. The van der Waals surface area contributed by atoms with Gasteiger partial charge in [-0.25, -0.2) is 9.97 Å². The number of carbonyl (C=O) groups is 1. The van der Waals surface area contributed by atoms with Crippen molar-refractivity contribution in [2.45, 2.75) is 103 Å². The van der Waals surface area contributed by atoms with Crippen LogP contribution in [0.15, 0.2) is 6.07 Å². The van der Waals surface area contributed by atoms with E-state index in [2.05, 4.69) is 20.6 Å². The summed E-state index contributed by atoms with van der Waals surface area (Å²) in [5, 5.41) is 6.52. The first-order valence-electron chi connectivity index (χ1n) is 11.0. The Morgan fingerprint density at radius 3 is 2.00 bits per heavy atom. The van der Waals surface area contributed by atoms with Crippen molar-refractivity contribution in [2.24, 2.45) is 0 Å². The highest BCUT2D eigenvalue weighted by Crippen LogP contribution is 2.17. The van der Waals surface area contributed by atoms with Gasteiger partial charge >= 0.3 is 0 Å². The van der Waals surface area contributed by atoms with Crippen molar-refractivity contribution in [3.63, 3.8) is 0 Å². The molecule has 0 unspecified atom stereocenters. The number of amides is 1. The molecule has 1 amide bonds. The second-order valence-corrected chi connectivity index (χ2v) is 8.03. The Balaban J connectivity index is 1.66. The van der Waals surface area contributed by atoms with Crippen molar-refractivity contribution < 1.29 is 4.79 Å². The molecule has 1 aliphatic carbocycles. The number of aryl methyl sites for hydroxylation is 2. The highest BCUT2D eigenvalue weighted by molar-refractivity contribution is 5.76. The van der Waals surface area contributed by atoms with E-state index in [4.69, 9.17) is 0 Å². The molecule has 0 atom stereocenters. The molecule has 27 heavy (non-hydrogen) atoms. The average Bonchev–Trinajstić information content (AvgIpc) is 2.60. The summed E-state index contributed by atoms with van der Waals surface area (Å²) in [6.07, 6.45) is 15.6. The zero-order valence-corrected chi connectivity index (χ0v) is 17.4. The van der Waals surface area contributed by atoms with Crippen LogP contribution in [0.4, 0.5) is 5.95 Å². The number of hydrogen-bond acceptors (Lipinski definition) is 4. The van der Waals surface area contributed by atoms with Crippen molar-refractivity contribution in [1.29, 1.82) is 0 Å². The van der Waals surface area contributed by atoms with Gasteiger partial charge in [0, 0.05) is 30.4 Å². The quantitative estimate of drug-likeness (QED) is 0.682. The van der Waals surface area contributed by atoms with Crippen LogP contribution in [0, 0.1) is 13.8 Å². The van der Waals surface area contributed by atoms with Gasteiger partial charge < -0.3 is 10.6 Å². The maximum atomic E-state index is 12.3. The summed E-state index contributed by atoms with van der Waals surface area (Å²) < 4.78 is 0. The van der Waals surface area contributed by atoms with E-state index in [0.29, 0.717) is 18.4 Å². The standard InChI is InChI=1S/C22H38N4O/c1-18-17-19(2)25-22(24-18)23-16-12-15-21(27)26-20-13-10-8-6-4-3-5-7-9-11-14-20/h17,20H,3-16H2,1-2H3,(H,26,27)(H,23,24,25). The number of rotatable bonds is 6. The molecule has 0 aliphatic heterocycles. The van der Waals surface area contributed by atoms with Crippen LogP contribution < -0.4 is 10.6 Å². The molecule has 5 heteroatoms. The van der Waals surface area contributed by atoms with E-state index >= 15 is 0 Å². The van der Waals surface area contributed by atoms with Gasteiger partial charge in [-0.2, -0.15) is 0 Å². The largest absolute Gasteiger partial charge is 0.354 e. The first-order valence-corrected chi connectivity index (χ1v) is 11.0. The molecular formula is C22H38N4O. The second kappa shape index (κ2) is 12.7. The third-order valence-electron chi connectivity index (χ3n) is 5.32. The van der Waals surface area contributed by atoms with Crippen LogP contribution in [-0.4, -0.2) is 28.5 Å². The molecule has 152 valence electrons. The molecular weight excluding hydrogens is 336 g/mol. The zero-order valence-electron chi connectivity index (χ0n) is 17.4. The van der Waals surface area contributed by atoms with E-state index in [1.54, 1.807) is 0 Å².